The molecule has 1 unspecified atom stereocenters. The monoisotopic (exact) mass is 120 g/mol. The van der Waals surface area contributed by atoms with Gasteiger partial charge in [0.2, 0.25) is 0 Å². The fourth-order valence-electron chi connectivity index (χ4n) is 0.781. The number of nitriles is 1. The van der Waals surface area contributed by atoms with Gasteiger partial charge in [-0.2, -0.15) is 5.26 Å². The van der Waals surface area contributed by atoms with Crippen molar-refractivity contribution in [3.63, 3.8) is 0 Å². The second-order valence-corrected chi connectivity index (χ2v) is 2.04. The first-order valence-electron chi connectivity index (χ1n) is 2.87. The summed E-state index contributed by atoms with van der Waals surface area (Å²) in [6, 6.07) is 2.07. The molecule has 0 fully saturated rings. The fourth-order valence-corrected chi connectivity index (χ4v) is 0.781. The van der Waals surface area contributed by atoms with E-state index < -0.39 is 0 Å². The van der Waals surface area contributed by atoms with E-state index in [-0.39, 0.29) is 6.04 Å². The minimum atomic E-state index is 0.0460. The van der Waals surface area contributed by atoms with Gasteiger partial charge in [-0.15, -0.1) is 0 Å². The molecule has 1 rings (SSSR count). The number of rotatable bonds is 0. The van der Waals surface area contributed by atoms with Crippen molar-refractivity contribution < 1.29 is 0 Å². The second kappa shape index (κ2) is 2.47. The van der Waals surface area contributed by atoms with Crippen molar-refractivity contribution in [2.24, 2.45) is 5.73 Å². The van der Waals surface area contributed by atoms with Gasteiger partial charge in [0, 0.05) is 11.6 Å². The third-order valence-corrected chi connectivity index (χ3v) is 1.23. The molecule has 0 bridgehead atoms. The van der Waals surface area contributed by atoms with Crippen molar-refractivity contribution in [3.05, 3.63) is 23.8 Å². The predicted molar refractivity (Wildman–Crippen MR) is 35.4 cm³/mol. The lowest BCUT2D eigenvalue weighted by Crippen LogP contribution is -2.17. The molecular weight excluding hydrogens is 112 g/mol. The lowest BCUT2D eigenvalue weighted by atomic mass is 10.0. The van der Waals surface area contributed by atoms with E-state index in [4.69, 9.17) is 11.0 Å². The van der Waals surface area contributed by atoms with Crippen molar-refractivity contribution in [2.75, 3.05) is 0 Å². The van der Waals surface area contributed by atoms with Gasteiger partial charge in [0.25, 0.3) is 0 Å². The lowest BCUT2D eigenvalue weighted by Gasteiger charge is -2.05. The van der Waals surface area contributed by atoms with Crippen LogP contribution in [0.1, 0.15) is 6.42 Å². The smallest absolute Gasteiger partial charge is 0.0988 e. The molecule has 1 aliphatic rings. The standard InChI is InChI=1S/C7H8N2/c8-5-6-2-1-3-7(9)4-6/h1-2,4,7H,3,9H2. The summed E-state index contributed by atoms with van der Waals surface area (Å²) in [6.07, 6.45) is 6.34. The molecule has 2 heteroatoms. The molecule has 0 saturated heterocycles. The van der Waals surface area contributed by atoms with Crippen LogP contribution in [0.25, 0.3) is 0 Å². The van der Waals surface area contributed by atoms with Gasteiger partial charge in [0.15, 0.2) is 0 Å². The average molecular weight is 120 g/mol. The van der Waals surface area contributed by atoms with E-state index in [0.29, 0.717) is 5.57 Å². The zero-order valence-corrected chi connectivity index (χ0v) is 5.04. The third kappa shape index (κ3) is 1.41. The number of hydrogen-bond donors (Lipinski definition) is 1. The highest BCUT2D eigenvalue weighted by atomic mass is 14.6. The van der Waals surface area contributed by atoms with Crippen molar-refractivity contribution >= 4 is 0 Å². The third-order valence-electron chi connectivity index (χ3n) is 1.23. The van der Waals surface area contributed by atoms with Crippen molar-refractivity contribution in [2.45, 2.75) is 12.5 Å². The Morgan fingerprint density at radius 2 is 2.56 bits per heavy atom. The Morgan fingerprint density at radius 1 is 1.78 bits per heavy atom. The van der Waals surface area contributed by atoms with Gasteiger partial charge >= 0.3 is 0 Å². The maximum atomic E-state index is 8.38. The van der Waals surface area contributed by atoms with E-state index >= 15 is 0 Å². The van der Waals surface area contributed by atoms with Crippen molar-refractivity contribution in [1.29, 1.82) is 5.26 Å². The molecule has 9 heavy (non-hydrogen) atoms. The fraction of sp³-hybridized carbons (Fsp3) is 0.286. The minimum absolute atomic E-state index is 0.0460. The number of nitrogens with zero attached hydrogens (tertiary/aromatic N) is 1. The summed E-state index contributed by atoms with van der Waals surface area (Å²) in [6.45, 7) is 0. The molecule has 0 spiro atoms. The summed E-state index contributed by atoms with van der Waals surface area (Å²) >= 11 is 0. The highest BCUT2D eigenvalue weighted by molar-refractivity contribution is 5.36. The molecule has 2 N–H and O–H groups in total. The van der Waals surface area contributed by atoms with Gasteiger partial charge in [-0.25, -0.2) is 0 Å². The number of hydrogen-bond acceptors (Lipinski definition) is 2. The molecule has 0 aromatic rings. The van der Waals surface area contributed by atoms with Gasteiger partial charge < -0.3 is 5.73 Å². The first kappa shape index (κ1) is 6.06. The van der Waals surface area contributed by atoms with Crippen LogP contribution in [-0.4, -0.2) is 6.04 Å². The van der Waals surface area contributed by atoms with Crippen LogP contribution in [0.5, 0.6) is 0 Å². The first-order valence-corrected chi connectivity index (χ1v) is 2.87. The molecule has 46 valence electrons. The van der Waals surface area contributed by atoms with Crippen LogP contribution in [0.4, 0.5) is 0 Å². The highest BCUT2D eigenvalue weighted by Crippen LogP contribution is 2.06. The van der Waals surface area contributed by atoms with Crippen LogP contribution in [0.3, 0.4) is 0 Å². The molecule has 0 heterocycles. The van der Waals surface area contributed by atoms with Crippen molar-refractivity contribution in [1.82, 2.24) is 0 Å². The average Bonchev–Trinajstić information content (AvgIpc) is 1.88. The van der Waals surface area contributed by atoms with E-state index in [1.807, 2.05) is 12.1 Å². The van der Waals surface area contributed by atoms with E-state index in [2.05, 4.69) is 0 Å². The van der Waals surface area contributed by atoms with E-state index in [9.17, 15) is 0 Å². The van der Waals surface area contributed by atoms with Crippen LogP contribution in [0, 0.1) is 11.3 Å². The molecule has 0 aromatic carbocycles. The Balaban J connectivity index is 2.74. The topological polar surface area (TPSA) is 49.8 Å². The Hall–Kier alpha value is -1.07. The summed E-state index contributed by atoms with van der Waals surface area (Å²) in [7, 11) is 0. The highest BCUT2D eigenvalue weighted by Gasteiger charge is 2.01. The van der Waals surface area contributed by atoms with Crippen LogP contribution >= 0.6 is 0 Å². The Bertz CT molecular complexity index is 195. The molecule has 0 radical (unpaired) electrons. The minimum Gasteiger partial charge on any atom is -0.324 e. The van der Waals surface area contributed by atoms with Gasteiger partial charge in [0.1, 0.15) is 0 Å². The zero-order chi connectivity index (χ0) is 6.69. The first-order chi connectivity index (χ1) is 4.33. The zero-order valence-electron chi connectivity index (χ0n) is 5.04. The van der Waals surface area contributed by atoms with E-state index in [0.717, 1.165) is 6.42 Å². The Morgan fingerprint density at radius 3 is 3.00 bits per heavy atom. The number of allylic oxidation sites excluding steroid dienone is 2. The van der Waals surface area contributed by atoms with Gasteiger partial charge in [-0.3, -0.25) is 0 Å². The summed E-state index contributed by atoms with van der Waals surface area (Å²) in [5.41, 5.74) is 6.20. The van der Waals surface area contributed by atoms with Crippen molar-refractivity contribution in [3.8, 4) is 6.07 Å². The largest absolute Gasteiger partial charge is 0.324 e. The molecule has 0 aliphatic heterocycles. The summed E-state index contributed by atoms with van der Waals surface area (Å²) < 4.78 is 0. The molecule has 0 amide bonds. The van der Waals surface area contributed by atoms with Crippen LogP contribution in [0.15, 0.2) is 23.8 Å². The SMILES string of the molecule is N#CC1=CC(N)CC=C1. The van der Waals surface area contributed by atoms with E-state index in [1.54, 1.807) is 12.2 Å². The normalized spacial score (nSPS) is 24.9. The van der Waals surface area contributed by atoms with Gasteiger partial charge in [0.05, 0.1) is 6.07 Å². The maximum absolute atomic E-state index is 8.38. The summed E-state index contributed by atoms with van der Waals surface area (Å²) in [4.78, 5) is 0. The molecule has 2 nitrogen and oxygen atoms in total. The quantitative estimate of drug-likeness (QED) is 0.512. The van der Waals surface area contributed by atoms with Gasteiger partial charge in [-0.05, 0) is 18.6 Å². The second-order valence-electron chi connectivity index (χ2n) is 2.04. The van der Waals surface area contributed by atoms with Crippen LogP contribution < -0.4 is 5.73 Å². The van der Waals surface area contributed by atoms with E-state index in [1.165, 1.54) is 0 Å². The summed E-state index contributed by atoms with van der Waals surface area (Å²) in [5, 5.41) is 8.38. The predicted octanol–water partition coefficient (Wildman–Crippen LogP) is 0.724. The molecule has 1 aliphatic carbocycles. The van der Waals surface area contributed by atoms with Gasteiger partial charge in [-0.1, -0.05) is 6.08 Å². The lowest BCUT2D eigenvalue weighted by molar-refractivity contribution is 0.821. The number of nitrogens with two attached hydrogens (primary N) is 1. The van der Waals surface area contributed by atoms with Crippen LogP contribution in [-0.2, 0) is 0 Å². The Kier molecular flexibility index (Phi) is 1.66. The van der Waals surface area contributed by atoms with Crippen LogP contribution in [0.2, 0.25) is 0 Å². The molecule has 1 atom stereocenters. The molecule has 0 saturated carbocycles. The summed E-state index contributed by atoms with van der Waals surface area (Å²) in [5.74, 6) is 0. The molecule has 0 aromatic heterocycles. The molecular formula is C7H8N2. The Labute approximate surface area is 54.3 Å². The maximum Gasteiger partial charge on any atom is 0.0988 e.